The van der Waals surface area contributed by atoms with Crippen LogP contribution in [0.15, 0.2) is 57.9 Å². The zero-order valence-corrected chi connectivity index (χ0v) is 13.6. The van der Waals surface area contributed by atoms with Crippen LogP contribution in [0, 0.1) is 0 Å². The van der Waals surface area contributed by atoms with Crippen molar-refractivity contribution >= 4 is 39.3 Å². The Kier molecular flexibility index (Phi) is 5.52. The van der Waals surface area contributed by atoms with Gasteiger partial charge < -0.3 is 5.32 Å². The molecule has 0 spiro atoms. The summed E-state index contributed by atoms with van der Waals surface area (Å²) in [7, 11) is 0. The Morgan fingerprint density at radius 2 is 1.86 bits per heavy atom. The third-order valence-electron chi connectivity index (χ3n) is 2.68. The molecular formula is C15H11BrF3NOS. The molecule has 0 aliphatic rings. The van der Waals surface area contributed by atoms with Crippen LogP contribution in [0.2, 0.25) is 0 Å². The van der Waals surface area contributed by atoms with Gasteiger partial charge in [-0.05, 0) is 46.3 Å². The van der Waals surface area contributed by atoms with Crippen molar-refractivity contribution in [2.75, 3.05) is 11.1 Å². The van der Waals surface area contributed by atoms with Crippen LogP contribution in [0.1, 0.15) is 5.56 Å². The van der Waals surface area contributed by atoms with Crippen LogP contribution >= 0.6 is 27.7 Å². The summed E-state index contributed by atoms with van der Waals surface area (Å²) in [4.78, 5) is 12.2. The molecule has 0 bridgehead atoms. The molecule has 0 atom stereocenters. The van der Waals surface area contributed by atoms with Crippen molar-refractivity contribution in [2.24, 2.45) is 0 Å². The molecule has 0 heterocycles. The lowest BCUT2D eigenvalue weighted by Crippen LogP contribution is -2.14. The number of nitrogens with one attached hydrogen (secondary N) is 1. The zero-order chi connectivity index (χ0) is 16.2. The van der Waals surface area contributed by atoms with E-state index in [1.807, 2.05) is 6.07 Å². The molecule has 0 saturated carbocycles. The van der Waals surface area contributed by atoms with Gasteiger partial charge in [-0.15, -0.1) is 11.8 Å². The third kappa shape index (κ3) is 4.78. The van der Waals surface area contributed by atoms with Crippen molar-refractivity contribution in [3.05, 3.63) is 58.6 Å². The van der Waals surface area contributed by atoms with E-state index in [2.05, 4.69) is 21.2 Å². The highest BCUT2D eigenvalue weighted by Crippen LogP contribution is 2.32. The van der Waals surface area contributed by atoms with Crippen LogP contribution in [0.25, 0.3) is 0 Å². The third-order valence-corrected chi connectivity index (χ3v) is 4.36. The lowest BCUT2D eigenvalue weighted by Gasteiger charge is -2.09. The van der Waals surface area contributed by atoms with Crippen LogP contribution in [0.3, 0.4) is 0 Å². The first-order chi connectivity index (χ1) is 10.4. The van der Waals surface area contributed by atoms with Gasteiger partial charge in [0.2, 0.25) is 5.91 Å². The van der Waals surface area contributed by atoms with Gasteiger partial charge in [0.1, 0.15) is 0 Å². The highest BCUT2D eigenvalue weighted by Gasteiger charge is 2.30. The van der Waals surface area contributed by atoms with Crippen LogP contribution in [-0.4, -0.2) is 11.7 Å². The number of para-hydroxylation sites is 1. The second-order valence-electron chi connectivity index (χ2n) is 4.34. The number of amides is 1. The summed E-state index contributed by atoms with van der Waals surface area (Å²) in [5.41, 5.74) is -0.0964. The summed E-state index contributed by atoms with van der Waals surface area (Å²) < 4.78 is 38.6. The number of carbonyl (C=O) groups excluding carboxylic acids is 1. The summed E-state index contributed by atoms with van der Waals surface area (Å²) in [6.45, 7) is 0. The first kappa shape index (κ1) is 16.9. The Hall–Kier alpha value is -1.47. The average Bonchev–Trinajstić information content (AvgIpc) is 2.47. The summed E-state index contributed by atoms with van der Waals surface area (Å²) in [6, 6.07) is 12.0. The molecule has 0 radical (unpaired) electrons. The highest BCUT2D eigenvalue weighted by atomic mass is 79.9. The molecule has 2 aromatic carbocycles. The second kappa shape index (κ2) is 7.19. The van der Waals surface area contributed by atoms with E-state index < -0.39 is 11.7 Å². The molecule has 2 aromatic rings. The Morgan fingerprint density at radius 3 is 2.55 bits per heavy atom. The van der Waals surface area contributed by atoms with Crippen molar-refractivity contribution in [3.8, 4) is 0 Å². The second-order valence-corrected chi connectivity index (χ2v) is 6.25. The minimum atomic E-state index is -4.38. The van der Waals surface area contributed by atoms with Crippen LogP contribution in [0.5, 0.6) is 0 Å². The molecule has 0 aliphatic heterocycles. The van der Waals surface area contributed by atoms with Crippen molar-refractivity contribution in [2.45, 2.75) is 11.1 Å². The molecule has 1 N–H and O–H groups in total. The topological polar surface area (TPSA) is 29.1 Å². The van der Waals surface area contributed by atoms with Crippen molar-refractivity contribution in [1.82, 2.24) is 0 Å². The minimum Gasteiger partial charge on any atom is -0.324 e. The van der Waals surface area contributed by atoms with E-state index in [-0.39, 0.29) is 11.7 Å². The van der Waals surface area contributed by atoms with Gasteiger partial charge in [0.15, 0.2) is 0 Å². The Bertz CT molecular complexity index is 676. The largest absolute Gasteiger partial charge is 0.416 e. The Labute approximate surface area is 138 Å². The van der Waals surface area contributed by atoms with E-state index in [1.54, 1.807) is 24.3 Å². The molecule has 0 saturated heterocycles. The van der Waals surface area contributed by atoms with Gasteiger partial charge in [0.05, 0.1) is 17.0 Å². The number of carbonyl (C=O) groups is 1. The fourth-order valence-electron chi connectivity index (χ4n) is 1.66. The van der Waals surface area contributed by atoms with E-state index in [0.29, 0.717) is 10.6 Å². The summed E-state index contributed by atoms with van der Waals surface area (Å²) in [5, 5.41) is 2.70. The lowest BCUT2D eigenvalue weighted by atomic mass is 10.2. The van der Waals surface area contributed by atoms with Crippen LogP contribution in [-0.2, 0) is 11.0 Å². The maximum absolute atomic E-state index is 12.6. The first-order valence-electron chi connectivity index (χ1n) is 6.21. The predicted octanol–water partition coefficient (Wildman–Crippen LogP) is 5.20. The standard InChI is InChI=1S/C15H11BrF3NOS/c16-12-6-1-2-7-13(12)20-14(21)9-22-11-5-3-4-10(8-11)15(17,18)19/h1-8H,9H2,(H,20,21). The normalized spacial score (nSPS) is 11.3. The van der Waals surface area contributed by atoms with Gasteiger partial charge in [-0.3, -0.25) is 4.79 Å². The van der Waals surface area contributed by atoms with E-state index in [9.17, 15) is 18.0 Å². The first-order valence-corrected chi connectivity index (χ1v) is 7.98. The Balaban J connectivity index is 1.96. The molecule has 22 heavy (non-hydrogen) atoms. The maximum atomic E-state index is 12.6. The SMILES string of the molecule is O=C(CSc1cccc(C(F)(F)F)c1)Nc1ccccc1Br. The molecule has 0 unspecified atom stereocenters. The number of hydrogen-bond donors (Lipinski definition) is 1. The summed E-state index contributed by atoms with van der Waals surface area (Å²) >= 11 is 4.36. The maximum Gasteiger partial charge on any atom is 0.416 e. The van der Waals surface area contributed by atoms with Crippen molar-refractivity contribution in [1.29, 1.82) is 0 Å². The molecule has 2 nitrogen and oxygen atoms in total. The monoisotopic (exact) mass is 389 g/mol. The molecule has 0 fully saturated rings. The van der Waals surface area contributed by atoms with Crippen LogP contribution in [0.4, 0.5) is 18.9 Å². The van der Waals surface area contributed by atoms with Gasteiger partial charge in [-0.1, -0.05) is 18.2 Å². The zero-order valence-electron chi connectivity index (χ0n) is 11.2. The van der Waals surface area contributed by atoms with Crippen molar-refractivity contribution < 1.29 is 18.0 Å². The van der Waals surface area contributed by atoms with Gasteiger partial charge in [-0.25, -0.2) is 0 Å². The molecule has 1 amide bonds. The molecule has 0 aromatic heterocycles. The lowest BCUT2D eigenvalue weighted by molar-refractivity contribution is -0.137. The summed E-state index contributed by atoms with van der Waals surface area (Å²) in [6.07, 6.45) is -4.38. The molecule has 0 aliphatic carbocycles. The molecule has 7 heteroatoms. The van der Waals surface area contributed by atoms with E-state index in [1.165, 1.54) is 6.07 Å². The number of rotatable bonds is 4. The number of benzene rings is 2. The smallest absolute Gasteiger partial charge is 0.324 e. The molecule has 2 rings (SSSR count). The fourth-order valence-corrected chi connectivity index (χ4v) is 2.80. The number of halogens is 4. The Morgan fingerprint density at radius 1 is 1.14 bits per heavy atom. The molecule has 116 valence electrons. The van der Waals surface area contributed by atoms with Gasteiger partial charge in [-0.2, -0.15) is 13.2 Å². The van der Waals surface area contributed by atoms with Gasteiger partial charge in [0, 0.05) is 9.37 Å². The van der Waals surface area contributed by atoms with Gasteiger partial charge >= 0.3 is 6.18 Å². The fraction of sp³-hybridized carbons (Fsp3) is 0.133. The highest BCUT2D eigenvalue weighted by molar-refractivity contribution is 9.10. The minimum absolute atomic E-state index is 0.0304. The van der Waals surface area contributed by atoms with Gasteiger partial charge in [0.25, 0.3) is 0 Å². The number of alkyl halides is 3. The summed E-state index contributed by atoms with van der Waals surface area (Å²) in [5.74, 6) is -0.253. The van der Waals surface area contributed by atoms with Crippen molar-refractivity contribution in [3.63, 3.8) is 0 Å². The average molecular weight is 390 g/mol. The van der Waals surface area contributed by atoms with E-state index in [0.717, 1.165) is 28.4 Å². The quantitative estimate of drug-likeness (QED) is 0.728. The number of thioether (sulfide) groups is 1. The van der Waals surface area contributed by atoms with E-state index >= 15 is 0 Å². The van der Waals surface area contributed by atoms with E-state index in [4.69, 9.17) is 0 Å². The predicted molar refractivity (Wildman–Crippen MR) is 84.9 cm³/mol. The number of anilines is 1. The van der Waals surface area contributed by atoms with Crippen LogP contribution < -0.4 is 5.32 Å². The molecular weight excluding hydrogens is 379 g/mol. The number of hydrogen-bond acceptors (Lipinski definition) is 2.